The predicted molar refractivity (Wildman–Crippen MR) is 146 cm³/mol. The molecule has 1 heterocycles. The molecule has 0 atom stereocenters. The molecule has 1 aliphatic rings. The van der Waals surface area contributed by atoms with E-state index in [0.29, 0.717) is 5.69 Å². The highest BCUT2D eigenvalue weighted by molar-refractivity contribution is 7.92. The van der Waals surface area contributed by atoms with Crippen molar-refractivity contribution in [3.05, 3.63) is 59.2 Å². The molecule has 3 aromatic rings. The maximum Gasteiger partial charge on any atom is 0.229 e. The van der Waals surface area contributed by atoms with Gasteiger partial charge in [0.2, 0.25) is 5.95 Å². The summed E-state index contributed by atoms with van der Waals surface area (Å²) in [7, 11) is -3.61. The molecule has 0 radical (unpaired) electrons. The number of nitrogens with zero attached hydrogens (tertiary/aromatic N) is 2. The second-order valence-electron chi connectivity index (χ2n) is 9.02. The van der Waals surface area contributed by atoms with Gasteiger partial charge in [-0.15, -0.1) is 0 Å². The molecular weight excluding hydrogens is 496 g/mol. The molecule has 1 saturated carbocycles. The Kier molecular flexibility index (Phi) is 6.45. The predicted octanol–water partition coefficient (Wildman–Crippen LogP) is 7.25. The van der Waals surface area contributed by atoms with Crippen LogP contribution in [0.15, 0.2) is 53.6 Å². The number of nitrogens with one attached hydrogen (secondary N) is 2. The first kappa shape index (κ1) is 20.2. The average molecular weight is 534 g/mol. The Morgan fingerprint density at radius 3 is 2.67 bits per heavy atom. The Morgan fingerprint density at radius 1 is 1.14 bits per heavy atom. The van der Waals surface area contributed by atoms with Crippen molar-refractivity contribution in [3.63, 3.8) is 0 Å². The van der Waals surface area contributed by atoms with E-state index in [1.165, 1.54) is 18.7 Å². The van der Waals surface area contributed by atoms with Gasteiger partial charge >= 0.3 is 0 Å². The zero-order chi connectivity index (χ0) is 30.0. The minimum atomic E-state index is -3.61. The minimum absolute atomic E-state index is 0.00984. The normalized spacial score (nSPS) is 17.4. The summed E-state index contributed by atoms with van der Waals surface area (Å²) >= 11 is 6.35. The lowest BCUT2D eigenvalue weighted by molar-refractivity contribution is 0.340. The first-order valence-corrected chi connectivity index (χ1v) is 13.8. The molecule has 9 heteroatoms. The maximum absolute atomic E-state index is 12.9. The van der Waals surface area contributed by atoms with Crippen molar-refractivity contribution in [2.24, 2.45) is 0 Å². The topological polar surface area (TPSA) is 93.2 Å². The number of sulfone groups is 1. The third-order valence-electron chi connectivity index (χ3n) is 6.30. The second-order valence-corrected chi connectivity index (χ2v) is 11.9. The quantitative estimate of drug-likeness (QED) is 0.299. The first-order valence-electron chi connectivity index (χ1n) is 14.4. The smallest absolute Gasteiger partial charge is 0.229 e. The highest BCUT2D eigenvalue weighted by Crippen LogP contribution is 2.37. The number of aromatic nitrogens is 2. The van der Waals surface area contributed by atoms with Crippen LogP contribution in [0.5, 0.6) is 5.75 Å². The van der Waals surface area contributed by atoms with Gasteiger partial charge in [-0.1, -0.05) is 49.1 Å². The van der Waals surface area contributed by atoms with E-state index < -0.39 is 28.5 Å². The molecule has 1 aromatic heterocycles. The highest BCUT2D eigenvalue weighted by atomic mass is 35.5. The monoisotopic (exact) mass is 533 g/mol. The third-order valence-corrected chi connectivity index (χ3v) is 8.79. The molecule has 192 valence electrons. The molecule has 1 fully saturated rings. The van der Waals surface area contributed by atoms with Gasteiger partial charge in [-0.2, -0.15) is 4.98 Å². The number of halogens is 1. The number of anilines is 4. The fraction of sp³-hybridized carbons (Fsp3) is 0.407. The van der Waals surface area contributed by atoms with E-state index in [0.717, 1.165) is 31.2 Å². The molecule has 0 spiro atoms. The van der Waals surface area contributed by atoms with Gasteiger partial charge in [0.25, 0.3) is 0 Å². The number of hydrogen-bond donors (Lipinski definition) is 2. The summed E-state index contributed by atoms with van der Waals surface area (Å²) in [6.07, 6.45) is 6.65. The van der Waals surface area contributed by atoms with E-state index in [1.54, 1.807) is 44.2 Å². The first-order chi connectivity index (χ1) is 19.2. The lowest BCUT2D eigenvalue weighted by atomic mass is 9.84. The van der Waals surface area contributed by atoms with Crippen molar-refractivity contribution in [2.45, 2.75) is 68.9 Å². The molecule has 4 rings (SSSR count). The van der Waals surface area contributed by atoms with Crippen LogP contribution in [0.3, 0.4) is 0 Å². The van der Waals surface area contributed by atoms with E-state index in [-0.39, 0.29) is 39.0 Å². The fourth-order valence-corrected chi connectivity index (χ4v) is 5.65. The summed E-state index contributed by atoms with van der Waals surface area (Å²) < 4.78 is 70.1. The number of hydrogen-bond acceptors (Lipinski definition) is 7. The van der Waals surface area contributed by atoms with Crippen LogP contribution in [0.25, 0.3) is 0 Å². The summed E-state index contributed by atoms with van der Waals surface area (Å²) in [6, 6.07) is 11.7. The lowest BCUT2D eigenvalue weighted by Crippen LogP contribution is -2.15. The van der Waals surface area contributed by atoms with Crippen LogP contribution in [0.1, 0.15) is 71.1 Å². The molecule has 0 unspecified atom stereocenters. The third kappa shape index (κ3) is 5.93. The molecule has 1 aliphatic carbocycles. The molecule has 0 aliphatic heterocycles. The Bertz CT molecular complexity index is 1500. The molecular formula is C27H33ClN4O3S. The Balaban J connectivity index is 1.68. The summed E-state index contributed by atoms with van der Waals surface area (Å²) in [5, 5.41) is 5.45. The van der Waals surface area contributed by atoms with Gasteiger partial charge in [-0.25, -0.2) is 13.4 Å². The average Bonchev–Trinajstić information content (AvgIpc) is 2.91. The lowest BCUT2D eigenvalue weighted by Gasteiger charge is -2.23. The Hall–Kier alpha value is -2.84. The molecule has 0 bridgehead atoms. The molecule has 0 saturated heterocycles. The van der Waals surface area contributed by atoms with Crippen LogP contribution in [-0.4, -0.2) is 30.2 Å². The summed E-state index contributed by atoms with van der Waals surface area (Å²) in [6.45, 7) is -2.78. The van der Waals surface area contributed by atoms with Crippen LogP contribution in [0.2, 0.25) is 5.02 Å². The molecule has 2 N–H and O–H groups in total. The zero-order valence-corrected chi connectivity index (χ0v) is 21.8. The van der Waals surface area contributed by atoms with E-state index >= 15 is 0 Å². The number of benzene rings is 2. The van der Waals surface area contributed by atoms with E-state index in [1.807, 2.05) is 6.07 Å². The molecule has 36 heavy (non-hydrogen) atoms. The van der Waals surface area contributed by atoms with Gasteiger partial charge in [0.1, 0.15) is 10.8 Å². The summed E-state index contributed by atoms with van der Waals surface area (Å²) in [5.74, 6) is 0.458. The van der Waals surface area contributed by atoms with Crippen LogP contribution < -0.4 is 15.4 Å². The van der Waals surface area contributed by atoms with Crippen molar-refractivity contribution in [2.75, 3.05) is 17.2 Å². The van der Waals surface area contributed by atoms with Gasteiger partial charge in [0.05, 0.1) is 37.0 Å². The van der Waals surface area contributed by atoms with Crippen molar-refractivity contribution in [1.29, 1.82) is 0 Å². The van der Waals surface area contributed by atoms with Crippen molar-refractivity contribution < 1.29 is 20.0 Å². The van der Waals surface area contributed by atoms with Crippen LogP contribution >= 0.6 is 11.6 Å². The van der Waals surface area contributed by atoms with E-state index in [2.05, 4.69) is 20.6 Å². The zero-order valence-electron chi connectivity index (χ0n) is 25.2. The highest BCUT2D eigenvalue weighted by Gasteiger charge is 2.23. The van der Waals surface area contributed by atoms with E-state index in [4.69, 9.17) is 23.2 Å². The second kappa shape index (κ2) is 11.5. The van der Waals surface area contributed by atoms with E-state index in [9.17, 15) is 8.42 Å². The van der Waals surface area contributed by atoms with Gasteiger partial charge in [0, 0.05) is 4.11 Å². The largest absolute Gasteiger partial charge is 0.492 e. The van der Waals surface area contributed by atoms with Crippen molar-refractivity contribution in [3.8, 4) is 5.75 Å². The van der Waals surface area contributed by atoms with Gasteiger partial charge in [0.15, 0.2) is 15.7 Å². The summed E-state index contributed by atoms with van der Waals surface area (Å²) in [4.78, 5) is 8.71. The molecule has 7 nitrogen and oxygen atoms in total. The van der Waals surface area contributed by atoms with Gasteiger partial charge in [-0.05, 0) is 69.3 Å². The molecule has 2 aromatic carbocycles. The number of rotatable bonds is 9. The number of para-hydroxylation sites is 1. The van der Waals surface area contributed by atoms with Crippen LogP contribution in [0.4, 0.5) is 23.1 Å². The maximum atomic E-state index is 12.9. The standard InChI is InChI=1S/C27H33ClN4O3S/c1-4-35-24-16-20(19-10-6-5-7-11-19)14-15-22(24)31-27-29-17-21(28)26(32-27)30-23-12-8-9-13-25(23)36(33,34)18(2)3/h8-9,12-19H,4-7,10-11H2,1-3H3,(H2,29,30,31,32)/i1D3,4D2. The Morgan fingerprint density at radius 2 is 1.92 bits per heavy atom. The summed E-state index contributed by atoms with van der Waals surface area (Å²) in [5.41, 5.74) is 1.49. The van der Waals surface area contributed by atoms with Gasteiger partial charge < -0.3 is 15.4 Å². The van der Waals surface area contributed by atoms with Gasteiger partial charge in [-0.3, -0.25) is 0 Å². The molecule has 0 amide bonds. The minimum Gasteiger partial charge on any atom is -0.492 e. The Labute approximate surface area is 225 Å². The fourth-order valence-electron chi connectivity index (χ4n) is 4.31. The van der Waals surface area contributed by atoms with Crippen LogP contribution in [0, 0.1) is 0 Å². The van der Waals surface area contributed by atoms with Crippen molar-refractivity contribution >= 4 is 44.6 Å². The number of ether oxygens (including phenoxy) is 1. The van der Waals surface area contributed by atoms with Crippen LogP contribution in [-0.2, 0) is 9.84 Å². The van der Waals surface area contributed by atoms with Crippen molar-refractivity contribution in [1.82, 2.24) is 9.97 Å². The SMILES string of the molecule is [2H]C([2H])([2H])C([2H])([2H])Oc1cc(C2CCCCC2)ccc1Nc1ncc(Cl)c(Nc2ccccc2S(=O)(=O)C(C)C)n1.